The number of carbonyl (C=O) groups is 1. The number of ether oxygens (including phenoxy) is 1. The van der Waals surface area contributed by atoms with E-state index < -0.39 is 0 Å². The summed E-state index contributed by atoms with van der Waals surface area (Å²) in [7, 11) is 0. The second kappa shape index (κ2) is 8.43. The molecule has 0 aliphatic rings. The molecule has 3 N–H and O–H groups in total. The topological polar surface area (TPSA) is 70.6 Å². The van der Waals surface area contributed by atoms with Gasteiger partial charge < -0.3 is 20.5 Å². The van der Waals surface area contributed by atoms with Crippen molar-refractivity contribution < 1.29 is 14.6 Å². The van der Waals surface area contributed by atoms with E-state index in [1.54, 1.807) is 6.92 Å². The number of carbonyl (C=O) groups excluding carboxylic acids is 1. The maximum atomic E-state index is 11.9. The molecule has 0 radical (unpaired) electrons. The van der Waals surface area contributed by atoms with Crippen LogP contribution in [-0.2, 0) is 0 Å². The molecule has 0 saturated heterocycles. The molecule has 0 aliphatic carbocycles. The minimum atomic E-state index is -0.287. The lowest BCUT2D eigenvalue weighted by Gasteiger charge is -2.21. The van der Waals surface area contributed by atoms with Crippen molar-refractivity contribution in [2.45, 2.75) is 39.3 Å². The van der Waals surface area contributed by atoms with Gasteiger partial charge in [0, 0.05) is 5.56 Å². The molecule has 5 nitrogen and oxygen atoms in total. The van der Waals surface area contributed by atoms with Gasteiger partial charge in [-0.05, 0) is 26.3 Å². The van der Waals surface area contributed by atoms with Crippen LogP contribution in [0.3, 0.4) is 0 Å². The SMILES string of the molecule is CCOc1ccccc1C(CC)NC(=O)NC(C)CO. The molecule has 2 amide bonds. The van der Waals surface area contributed by atoms with Crippen molar-refractivity contribution in [1.29, 1.82) is 0 Å². The second-order valence-electron chi connectivity index (χ2n) is 4.63. The van der Waals surface area contributed by atoms with E-state index in [1.807, 2.05) is 38.1 Å². The number of rotatable bonds is 7. The summed E-state index contributed by atoms with van der Waals surface area (Å²) in [6, 6.07) is 7.01. The average Bonchev–Trinajstić information content (AvgIpc) is 2.45. The fourth-order valence-corrected chi connectivity index (χ4v) is 1.92. The van der Waals surface area contributed by atoms with Gasteiger partial charge in [0.2, 0.25) is 0 Å². The van der Waals surface area contributed by atoms with E-state index in [0.29, 0.717) is 6.61 Å². The molecule has 5 heteroatoms. The highest BCUT2D eigenvalue weighted by Crippen LogP contribution is 2.27. The van der Waals surface area contributed by atoms with E-state index in [0.717, 1.165) is 17.7 Å². The average molecular weight is 280 g/mol. The fourth-order valence-electron chi connectivity index (χ4n) is 1.92. The molecule has 1 aromatic carbocycles. The molecular weight excluding hydrogens is 256 g/mol. The van der Waals surface area contributed by atoms with Crippen LogP contribution in [0.5, 0.6) is 5.75 Å². The van der Waals surface area contributed by atoms with Crippen molar-refractivity contribution >= 4 is 6.03 Å². The largest absolute Gasteiger partial charge is 0.494 e. The molecule has 0 saturated carbocycles. The first-order valence-corrected chi connectivity index (χ1v) is 7.01. The maximum Gasteiger partial charge on any atom is 0.315 e. The van der Waals surface area contributed by atoms with E-state index in [2.05, 4.69) is 10.6 Å². The minimum Gasteiger partial charge on any atom is -0.494 e. The van der Waals surface area contributed by atoms with Crippen molar-refractivity contribution in [2.24, 2.45) is 0 Å². The molecule has 2 atom stereocenters. The van der Waals surface area contributed by atoms with Crippen LogP contribution in [0.15, 0.2) is 24.3 Å². The van der Waals surface area contributed by atoms with E-state index in [1.165, 1.54) is 0 Å². The number of hydrogen-bond donors (Lipinski definition) is 3. The minimum absolute atomic E-state index is 0.0836. The molecule has 0 bridgehead atoms. The zero-order chi connectivity index (χ0) is 15.0. The van der Waals surface area contributed by atoms with Crippen LogP contribution in [0.25, 0.3) is 0 Å². The van der Waals surface area contributed by atoms with Crippen LogP contribution in [0.1, 0.15) is 38.8 Å². The third kappa shape index (κ3) is 4.74. The Morgan fingerprint density at radius 2 is 2.00 bits per heavy atom. The molecule has 0 aliphatic heterocycles. The summed E-state index contributed by atoms with van der Waals surface area (Å²) >= 11 is 0. The normalized spacial score (nSPS) is 13.4. The van der Waals surface area contributed by atoms with Crippen LogP contribution in [-0.4, -0.2) is 30.4 Å². The second-order valence-corrected chi connectivity index (χ2v) is 4.63. The molecular formula is C15H24N2O3. The molecule has 0 spiro atoms. The Kier molecular flexibility index (Phi) is 6.87. The van der Waals surface area contributed by atoms with E-state index in [4.69, 9.17) is 9.84 Å². The van der Waals surface area contributed by atoms with Gasteiger partial charge in [-0.15, -0.1) is 0 Å². The Balaban J connectivity index is 2.78. The van der Waals surface area contributed by atoms with E-state index in [-0.39, 0.29) is 24.7 Å². The maximum absolute atomic E-state index is 11.9. The first-order chi connectivity index (χ1) is 9.62. The number of benzene rings is 1. The molecule has 0 fully saturated rings. The summed E-state index contributed by atoms with van der Waals surface area (Å²) < 4.78 is 5.59. The van der Waals surface area contributed by atoms with Gasteiger partial charge in [-0.25, -0.2) is 4.79 Å². The third-order valence-corrected chi connectivity index (χ3v) is 2.96. The first-order valence-electron chi connectivity index (χ1n) is 7.01. The third-order valence-electron chi connectivity index (χ3n) is 2.96. The van der Waals surface area contributed by atoms with Crippen molar-refractivity contribution in [3.8, 4) is 5.75 Å². The van der Waals surface area contributed by atoms with Crippen molar-refractivity contribution in [3.63, 3.8) is 0 Å². The lowest BCUT2D eigenvalue weighted by atomic mass is 10.0. The van der Waals surface area contributed by atoms with Gasteiger partial charge in [0.1, 0.15) is 5.75 Å². The summed E-state index contributed by atoms with van der Waals surface area (Å²) in [6.45, 7) is 6.18. The van der Waals surface area contributed by atoms with Gasteiger partial charge >= 0.3 is 6.03 Å². The highest BCUT2D eigenvalue weighted by atomic mass is 16.5. The van der Waals surface area contributed by atoms with E-state index >= 15 is 0 Å². The van der Waals surface area contributed by atoms with Crippen LogP contribution >= 0.6 is 0 Å². The zero-order valence-electron chi connectivity index (χ0n) is 12.3. The number of hydrogen-bond acceptors (Lipinski definition) is 3. The number of aliphatic hydroxyl groups is 1. The Morgan fingerprint density at radius 3 is 2.60 bits per heavy atom. The lowest BCUT2D eigenvalue weighted by molar-refractivity contribution is 0.217. The van der Waals surface area contributed by atoms with Crippen LogP contribution in [0.4, 0.5) is 4.79 Å². The standard InChI is InChI=1S/C15H24N2O3/c1-4-13(17-15(19)16-11(3)10-18)12-8-6-7-9-14(12)20-5-2/h6-9,11,13,18H,4-5,10H2,1-3H3,(H2,16,17,19). The van der Waals surface area contributed by atoms with Crippen LogP contribution < -0.4 is 15.4 Å². The number of para-hydroxylation sites is 1. The van der Waals surface area contributed by atoms with Gasteiger partial charge in [-0.1, -0.05) is 25.1 Å². The van der Waals surface area contributed by atoms with Gasteiger partial charge in [0.05, 0.1) is 25.3 Å². The number of urea groups is 1. The Morgan fingerprint density at radius 1 is 1.30 bits per heavy atom. The highest BCUT2D eigenvalue weighted by molar-refractivity contribution is 5.74. The first kappa shape index (κ1) is 16.3. The predicted molar refractivity (Wildman–Crippen MR) is 78.9 cm³/mol. The van der Waals surface area contributed by atoms with Crippen LogP contribution in [0, 0.1) is 0 Å². The molecule has 1 aromatic rings. The quantitative estimate of drug-likeness (QED) is 0.717. The van der Waals surface area contributed by atoms with Gasteiger partial charge in [0.25, 0.3) is 0 Å². The summed E-state index contributed by atoms with van der Waals surface area (Å²) in [5.74, 6) is 0.789. The smallest absolute Gasteiger partial charge is 0.315 e. The summed E-state index contributed by atoms with van der Waals surface area (Å²) in [5.41, 5.74) is 0.962. The van der Waals surface area contributed by atoms with Crippen molar-refractivity contribution in [1.82, 2.24) is 10.6 Å². The Bertz CT molecular complexity index is 423. The molecule has 0 heterocycles. The number of amides is 2. The van der Waals surface area contributed by atoms with Crippen molar-refractivity contribution in [3.05, 3.63) is 29.8 Å². The van der Waals surface area contributed by atoms with Gasteiger partial charge in [-0.3, -0.25) is 0 Å². The number of aliphatic hydroxyl groups excluding tert-OH is 1. The number of nitrogens with one attached hydrogen (secondary N) is 2. The molecule has 20 heavy (non-hydrogen) atoms. The zero-order valence-corrected chi connectivity index (χ0v) is 12.3. The molecule has 112 valence electrons. The lowest BCUT2D eigenvalue weighted by Crippen LogP contribution is -2.43. The summed E-state index contributed by atoms with van der Waals surface area (Å²) in [5, 5.41) is 14.5. The Labute approximate surface area is 120 Å². The van der Waals surface area contributed by atoms with E-state index in [9.17, 15) is 4.79 Å². The fraction of sp³-hybridized carbons (Fsp3) is 0.533. The van der Waals surface area contributed by atoms with Gasteiger partial charge in [0.15, 0.2) is 0 Å². The monoisotopic (exact) mass is 280 g/mol. The Hall–Kier alpha value is -1.75. The molecule has 0 aromatic heterocycles. The molecule has 1 rings (SSSR count). The van der Waals surface area contributed by atoms with Gasteiger partial charge in [-0.2, -0.15) is 0 Å². The van der Waals surface area contributed by atoms with Crippen molar-refractivity contribution in [2.75, 3.05) is 13.2 Å². The predicted octanol–water partition coefficient (Wildman–Crippen LogP) is 2.22. The summed E-state index contributed by atoms with van der Waals surface area (Å²) in [6.07, 6.45) is 0.755. The highest BCUT2D eigenvalue weighted by Gasteiger charge is 2.17. The summed E-state index contributed by atoms with van der Waals surface area (Å²) in [4.78, 5) is 11.9. The van der Waals surface area contributed by atoms with Crippen LogP contribution in [0.2, 0.25) is 0 Å². The molecule has 2 unspecified atom stereocenters.